The van der Waals surface area contributed by atoms with Gasteiger partial charge in [0.05, 0.1) is 26.3 Å². The molecular weight excluding hydrogens is 518 g/mol. The van der Waals surface area contributed by atoms with Crippen LogP contribution in [-0.2, 0) is 5.41 Å². The molecule has 2 aromatic carbocycles. The zero-order chi connectivity index (χ0) is 26.5. The Kier molecular flexibility index (Phi) is 6.33. The van der Waals surface area contributed by atoms with E-state index >= 15 is 4.39 Å². The fourth-order valence-electron chi connectivity index (χ4n) is 4.03. The van der Waals surface area contributed by atoms with E-state index in [1.165, 1.54) is 45.4 Å². The van der Waals surface area contributed by atoms with E-state index in [1.54, 1.807) is 24.4 Å². The summed E-state index contributed by atoms with van der Waals surface area (Å²) in [6.45, 7) is 6.72. The van der Waals surface area contributed by atoms with E-state index in [1.807, 2.05) is 0 Å². The van der Waals surface area contributed by atoms with E-state index in [0.29, 0.717) is 29.2 Å². The number of nitrogens with two attached hydrogens (primary N) is 1. The van der Waals surface area contributed by atoms with E-state index in [-0.39, 0.29) is 28.6 Å². The molecule has 190 valence electrons. The lowest BCUT2D eigenvalue weighted by Gasteiger charge is -2.20. The number of amides is 2. The molecule has 2 aromatic heterocycles. The molecule has 0 bridgehead atoms. The second kappa shape index (κ2) is 9.35. The lowest BCUT2D eigenvalue weighted by atomic mass is 9.98. The van der Waals surface area contributed by atoms with Crippen LogP contribution in [0.15, 0.2) is 48.7 Å². The van der Waals surface area contributed by atoms with Gasteiger partial charge >= 0.3 is 6.03 Å². The van der Waals surface area contributed by atoms with Crippen LogP contribution >= 0.6 is 22.9 Å². The molecule has 0 spiro atoms. The Morgan fingerprint density at radius 1 is 1.00 bits per heavy atom. The Balaban J connectivity index is 1.56. The molecule has 37 heavy (non-hydrogen) atoms. The molecular formula is C26H23ClF2N6OS. The standard InChI is InChI=1S/C26H23ClF2N6OS/c1-26(2,3)23-33-21(19-8-9-31-24(30)32-19)22(37-23)14-4-6-18(29)20(12-14)35-11-10-34(25(35)36)15-5-7-17(28)16(27)13-15/h4-9,12-13H,10-11H2,1-3H3,(H2,30,31,32). The van der Waals surface area contributed by atoms with Crippen molar-refractivity contribution in [1.29, 1.82) is 0 Å². The number of anilines is 3. The molecule has 4 aromatic rings. The number of carbonyl (C=O) groups is 1. The van der Waals surface area contributed by atoms with Crippen LogP contribution in [0.25, 0.3) is 21.8 Å². The number of halogens is 3. The van der Waals surface area contributed by atoms with Crippen LogP contribution in [-0.4, -0.2) is 34.1 Å². The highest BCUT2D eigenvalue weighted by molar-refractivity contribution is 7.15. The lowest BCUT2D eigenvalue weighted by Crippen LogP contribution is -2.32. The molecule has 1 fully saturated rings. The molecule has 0 unspecified atom stereocenters. The molecule has 11 heteroatoms. The average molecular weight is 541 g/mol. The molecule has 2 N–H and O–H groups in total. The third kappa shape index (κ3) is 4.74. The van der Waals surface area contributed by atoms with Crippen molar-refractivity contribution in [3.63, 3.8) is 0 Å². The Hall–Kier alpha value is -3.63. The van der Waals surface area contributed by atoms with Crippen molar-refractivity contribution in [2.75, 3.05) is 28.6 Å². The van der Waals surface area contributed by atoms with Gasteiger partial charge in [0.25, 0.3) is 0 Å². The minimum Gasteiger partial charge on any atom is -0.368 e. The first-order valence-electron chi connectivity index (χ1n) is 11.5. The number of carbonyl (C=O) groups excluding carboxylic acids is 1. The van der Waals surface area contributed by atoms with E-state index in [9.17, 15) is 9.18 Å². The first-order valence-corrected chi connectivity index (χ1v) is 12.7. The van der Waals surface area contributed by atoms with E-state index in [2.05, 4.69) is 30.7 Å². The van der Waals surface area contributed by atoms with Gasteiger partial charge in [-0.15, -0.1) is 11.3 Å². The lowest BCUT2D eigenvalue weighted by molar-refractivity contribution is 0.255. The summed E-state index contributed by atoms with van der Waals surface area (Å²) < 4.78 is 28.7. The number of aromatic nitrogens is 3. The zero-order valence-electron chi connectivity index (χ0n) is 20.3. The predicted octanol–water partition coefficient (Wildman–Crippen LogP) is 6.53. The summed E-state index contributed by atoms with van der Waals surface area (Å²) in [6.07, 6.45) is 1.56. The fraction of sp³-hybridized carbons (Fsp3) is 0.231. The summed E-state index contributed by atoms with van der Waals surface area (Å²) in [5.41, 5.74) is 8.01. The van der Waals surface area contributed by atoms with Crippen LogP contribution in [0.5, 0.6) is 0 Å². The summed E-state index contributed by atoms with van der Waals surface area (Å²) in [5, 5.41) is 0.784. The topological polar surface area (TPSA) is 88.2 Å². The van der Waals surface area contributed by atoms with Crippen molar-refractivity contribution in [2.45, 2.75) is 26.2 Å². The van der Waals surface area contributed by atoms with Crippen LogP contribution < -0.4 is 15.5 Å². The average Bonchev–Trinajstić information content (AvgIpc) is 3.46. The van der Waals surface area contributed by atoms with Gasteiger partial charge in [-0.05, 0) is 42.0 Å². The van der Waals surface area contributed by atoms with Crippen LogP contribution in [0.2, 0.25) is 5.02 Å². The Morgan fingerprint density at radius 2 is 1.73 bits per heavy atom. The molecule has 1 aliphatic rings. The molecule has 5 rings (SSSR count). The fourth-order valence-corrected chi connectivity index (χ4v) is 5.33. The Morgan fingerprint density at radius 3 is 2.43 bits per heavy atom. The second-order valence-electron chi connectivity index (χ2n) is 9.60. The highest BCUT2D eigenvalue weighted by Crippen LogP contribution is 2.42. The number of urea groups is 1. The van der Waals surface area contributed by atoms with Gasteiger partial charge in [0.15, 0.2) is 0 Å². The molecule has 7 nitrogen and oxygen atoms in total. The third-order valence-corrected chi connectivity index (χ3v) is 7.73. The number of thiazole rings is 1. The maximum atomic E-state index is 15.1. The van der Waals surface area contributed by atoms with Crippen LogP contribution in [0.1, 0.15) is 25.8 Å². The number of hydrogen-bond acceptors (Lipinski definition) is 6. The molecule has 0 aliphatic carbocycles. The largest absolute Gasteiger partial charge is 0.368 e. The number of benzene rings is 2. The molecule has 0 saturated carbocycles. The summed E-state index contributed by atoms with van der Waals surface area (Å²) in [4.78, 5) is 30.0. The highest BCUT2D eigenvalue weighted by Gasteiger charge is 2.33. The number of nitrogen functional groups attached to an aromatic ring is 1. The quantitative estimate of drug-likeness (QED) is 0.318. The van der Waals surface area contributed by atoms with Gasteiger partial charge in [-0.2, -0.15) is 0 Å². The summed E-state index contributed by atoms with van der Waals surface area (Å²) >= 11 is 7.39. The summed E-state index contributed by atoms with van der Waals surface area (Å²) in [7, 11) is 0. The SMILES string of the molecule is CC(C)(C)c1nc(-c2ccnc(N)n2)c(-c2ccc(F)c(N3CCN(c4ccc(F)c(Cl)c4)C3=O)c2)s1. The Labute approximate surface area is 221 Å². The van der Waals surface area contributed by atoms with Gasteiger partial charge in [-0.25, -0.2) is 28.5 Å². The third-order valence-electron chi connectivity index (χ3n) is 5.91. The number of nitrogens with zero attached hydrogens (tertiary/aromatic N) is 5. The van der Waals surface area contributed by atoms with Crippen LogP contribution in [0.4, 0.5) is 30.9 Å². The first kappa shape index (κ1) is 25.0. The van der Waals surface area contributed by atoms with Crippen molar-refractivity contribution in [1.82, 2.24) is 15.0 Å². The van der Waals surface area contributed by atoms with Crippen molar-refractivity contribution in [3.8, 4) is 21.8 Å². The smallest absolute Gasteiger partial charge is 0.329 e. The summed E-state index contributed by atoms with van der Waals surface area (Å²) in [5.74, 6) is -0.991. The Bertz CT molecular complexity index is 1520. The minimum atomic E-state index is -0.576. The zero-order valence-corrected chi connectivity index (χ0v) is 21.9. The molecule has 1 aliphatic heterocycles. The number of rotatable bonds is 4. The van der Waals surface area contributed by atoms with Gasteiger partial charge in [0.1, 0.15) is 17.3 Å². The van der Waals surface area contributed by atoms with Gasteiger partial charge in [0.2, 0.25) is 5.95 Å². The predicted molar refractivity (Wildman–Crippen MR) is 143 cm³/mol. The molecule has 0 atom stereocenters. The molecule has 0 radical (unpaired) electrons. The minimum absolute atomic E-state index is 0.0883. The second-order valence-corrected chi connectivity index (χ2v) is 11.0. The molecule has 1 saturated heterocycles. The normalized spacial score (nSPS) is 14.1. The van der Waals surface area contributed by atoms with Gasteiger partial charge in [0, 0.05) is 30.4 Å². The van der Waals surface area contributed by atoms with Crippen LogP contribution in [0, 0.1) is 11.6 Å². The van der Waals surface area contributed by atoms with Crippen molar-refractivity contribution < 1.29 is 13.6 Å². The van der Waals surface area contributed by atoms with Crippen molar-refractivity contribution in [3.05, 3.63) is 70.3 Å². The van der Waals surface area contributed by atoms with Crippen molar-refractivity contribution >= 4 is 46.3 Å². The van der Waals surface area contributed by atoms with Gasteiger partial charge in [-0.1, -0.05) is 38.4 Å². The van der Waals surface area contributed by atoms with Crippen molar-refractivity contribution in [2.24, 2.45) is 0 Å². The molecule has 3 heterocycles. The van der Waals surface area contributed by atoms with Gasteiger partial charge < -0.3 is 5.73 Å². The molecule has 2 amide bonds. The summed E-state index contributed by atoms with van der Waals surface area (Å²) in [6, 6.07) is 9.99. The number of hydrogen-bond donors (Lipinski definition) is 1. The maximum absolute atomic E-state index is 15.1. The van der Waals surface area contributed by atoms with E-state index < -0.39 is 17.7 Å². The van der Waals surface area contributed by atoms with Gasteiger partial charge in [-0.3, -0.25) is 9.80 Å². The maximum Gasteiger partial charge on any atom is 0.329 e. The van der Waals surface area contributed by atoms with E-state index in [4.69, 9.17) is 22.3 Å². The van der Waals surface area contributed by atoms with Crippen LogP contribution in [0.3, 0.4) is 0 Å². The first-order chi connectivity index (χ1) is 17.5. The monoisotopic (exact) mass is 540 g/mol. The highest BCUT2D eigenvalue weighted by atomic mass is 35.5. The van der Waals surface area contributed by atoms with E-state index in [0.717, 1.165) is 9.88 Å².